The molecule has 2 N–H and O–H groups in total. The van der Waals surface area contributed by atoms with Gasteiger partial charge in [0.25, 0.3) is 0 Å². The number of aromatic hydroxyl groups is 1. The normalized spacial score (nSPS) is 15.0. The van der Waals surface area contributed by atoms with E-state index in [9.17, 15) is 5.11 Å². The minimum Gasteiger partial charge on any atom is -0.506 e. The number of phenols is 1. The van der Waals surface area contributed by atoms with Gasteiger partial charge < -0.3 is 20.2 Å². The van der Waals surface area contributed by atoms with Crippen LogP contribution in [-0.4, -0.2) is 54.2 Å². The Hall–Kier alpha value is -1.55. The van der Waals surface area contributed by atoms with Crippen LogP contribution in [0.1, 0.15) is 15.6 Å². The van der Waals surface area contributed by atoms with E-state index in [0.717, 1.165) is 48.5 Å². The molecule has 1 aromatic carbocycles. The maximum absolute atomic E-state index is 10.0. The summed E-state index contributed by atoms with van der Waals surface area (Å²) in [7, 11) is 1.82. The molecule has 3 rings (SSSR count). The third-order valence-corrected chi connectivity index (χ3v) is 5.56. The molecule has 6 nitrogen and oxygen atoms in total. The van der Waals surface area contributed by atoms with E-state index in [1.807, 2.05) is 32.2 Å². The number of halogens is 1. The molecule has 8 heteroatoms. The summed E-state index contributed by atoms with van der Waals surface area (Å²) < 4.78 is 0. The maximum atomic E-state index is 10.0. The zero-order chi connectivity index (χ0) is 17.8. The molecule has 1 aromatic heterocycles. The summed E-state index contributed by atoms with van der Waals surface area (Å²) in [5.74, 6) is 1.25. The average molecular weight is 487 g/mol. The van der Waals surface area contributed by atoms with Gasteiger partial charge in [0.2, 0.25) is 0 Å². The summed E-state index contributed by atoms with van der Waals surface area (Å²) in [5.41, 5.74) is 2.01. The minimum absolute atomic E-state index is 0. The molecule has 0 unspecified atom stereocenters. The molecule has 2 aromatic rings. The Morgan fingerprint density at radius 3 is 2.50 bits per heavy atom. The van der Waals surface area contributed by atoms with Crippen molar-refractivity contribution in [2.45, 2.75) is 20.4 Å². The van der Waals surface area contributed by atoms with Crippen molar-refractivity contribution in [2.24, 2.45) is 4.99 Å². The lowest BCUT2D eigenvalue weighted by Gasteiger charge is -2.37. The molecule has 26 heavy (non-hydrogen) atoms. The molecule has 142 valence electrons. The number of hydrogen-bond donors (Lipinski definition) is 2. The number of aryl methyl sites for hydroxylation is 2. The Kier molecular flexibility index (Phi) is 7.51. The van der Waals surface area contributed by atoms with Crippen LogP contribution in [0.15, 0.2) is 29.3 Å². The number of guanidine groups is 1. The quantitative estimate of drug-likeness (QED) is 0.396. The molecule has 0 radical (unpaired) electrons. The van der Waals surface area contributed by atoms with Crippen molar-refractivity contribution in [3.05, 3.63) is 39.8 Å². The van der Waals surface area contributed by atoms with E-state index in [4.69, 9.17) is 0 Å². The summed E-state index contributed by atoms with van der Waals surface area (Å²) in [6.07, 6.45) is 0. The fourth-order valence-corrected chi connectivity index (χ4v) is 3.87. The van der Waals surface area contributed by atoms with Gasteiger partial charge in [-0.3, -0.25) is 4.99 Å². The summed E-state index contributed by atoms with van der Waals surface area (Å²) in [5, 5.41) is 14.5. The zero-order valence-electron chi connectivity index (χ0n) is 15.4. The zero-order valence-corrected chi connectivity index (χ0v) is 18.5. The molecule has 1 aliphatic heterocycles. The van der Waals surface area contributed by atoms with Gasteiger partial charge in [-0.05, 0) is 26.0 Å². The molecule has 1 saturated heterocycles. The van der Waals surface area contributed by atoms with Crippen molar-refractivity contribution in [3.8, 4) is 5.75 Å². The van der Waals surface area contributed by atoms with Crippen molar-refractivity contribution >= 4 is 47.0 Å². The summed E-state index contributed by atoms with van der Waals surface area (Å²) in [6, 6.07) is 7.51. The van der Waals surface area contributed by atoms with Crippen molar-refractivity contribution < 1.29 is 5.11 Å². The number of aromatic nitrogens is 1. The number of hydrogen-bond acceptors (Lipinski definition) is 5. The molecule has 1 fully saturated rings. The molecule has 0 spiro atoms. The molecule has 1 aliphatic rings. The first kappa shape index (κ1) is 20.8. The Morgan fingerprint density at radius 2 is 1.92 bits per heavy atom. The fourth-order valence-electron chi connectivity index (χ4n) is 2.99. The monoisotopic (exact) mass is 487 g/mol. The van der Waals surface area contributed by atoms with Gasteiger partial charge in [0.05, 0.1) is 17.9 Å². The highest BCUT2D eigenvalue weighted by molar-refractivity contribution is 14.0. The van der Waals surface area contributed by atoms with Crippen LogP contribution in [0.5, 0.6) is 5.75 Å². The molecule has 0 aliphatic carbocycles. The number of thiazole rings is 1. The Bertz CT molecular complexity index is 736. The van der Waals surface area contributed by atoms with Gasteiger partial charge in [-0.25, -0.2) is 4.98 Å². The second-order valence-corrected chi connectivity index (χ2v) is 7.40. The summed E-state index contributed by atoms with van der Waals surface area (Å²) in [6.45, 7) is 8.28. The van der Waals surface area contributed by atoms with E-state index in [1.54, 1.807) is 17.4 Å². The SMILES string of the molecule is CN=C(NCc1nc(C)c(C)s1)N1CCN(c2ccccc2O)CC1.I. The highest BCUT2D eigenvalue weighted by atomic mass is 127. The van der Waals surface area contributed by atoms with Crippen LogP contribution >= 0.6 is 35.3 Å². The van der Waals surface area contributed by atoms with E-state index >= 15 is 0 Å². The third kappa shape index (κ3) is 4.79. The largest absolute Gasteiger partial charge is 0.506 e. The molecule has 2 heterocycles. The lowest BCUT2D eigenvalue weighted by Crippen LogP contribution is -2.52. The van der Waals surface area contributed by atoms with E-state index < -0.39 is 0 Å². The molecule has 0 amide bonds. The summed E-state index contributed by atoms with van der Waals surface area (Å²) in [4.78, 5) is 14.7. The number of rotatable bonds is 3. The van der Waals surface area contributed by atoms with Gasteiger partial charge in [-0.15, -0.1) is 35.3 Å². The molecule has 0 atom stereocenters. The van der Waals surface area contributed by atoms with Crippen molar-refractivity contribution in [1.82, 2.24) is 15.2 Å². The second kappa shape index (κ2) is 9.40. The number of piperazine rings is 1. The first-order chi connectivity index (χ1) is 12.1. The Balaban J connectivity index is 0.00000243. The van der Waals surface area contributed by atoms with Gasteiger partial charge in [0.1, 0.15) is 10.8 Å². The van der Waals surface area contributed by atoms with Crippen LogP contribution in [0, 0.1) is 13.8 Å². The van der Waals surface area contributed by atoms with Gasteiger partial charge in [0.15, 0.2) is 5.96 Å². The summed E-state index contributed by atoms with van der Waals surface area (Å²) >= 11 is 1.73. The molecule has 0 saturated carbocycles. The Labute approximate surface area is 176 Å². The first-order valence-electron chi connectivity index (χ1n) is 8.50. The number of aliphatic imine (C=N–C) groups is 1. The average Bonchev–Trinajstić information content (AvgIpc) is 2.94. The molecular formula is C18H26IN5OS. The lowest BCUT2D eigenvalue weighted by atomic mass is 10.2. The van der Waals surface area contributed by atoms with Crippen LogP contribution in [-0.2, 0) is 6.54 Å². The fraction of sp³-hybridized carbons (Fsp3) is 0.444. The number of para-hydroxylation sites is 2. The van der Waals surface area contributed by atoms with Crippen molar-refractivity contribution in [2.75, 3.05) is 38.1 Å². The van der Waals surface area contributed by atoms with Gasteiger partial charge in [0, 0.05) is 38.1 Å². The van der Waals surface area contributed by atoms with Crippen LogP contribution < -0.4 is 10.2 Å². The van der Waals surface area contributed by atoms with Crippen molar-refractivity contribution in [1.29, 1.82) is 0 Å². The number of anilines is 1. The standard InChI is InChI=1S/C18H25N5OS.HI/c1-13-14(2)25-17(21-13)12-20-18(19-3)23-10-8-22(9-11-23)15-6-4-5-7-16(15)24;/h4-7,24H,8-12H2,1-3H3,(H,19,20);1H. The number of phenolic OH excluding ortho intramolecular Hbond substituents is 1. The number of nitrogens with zero attached hydrogens (tertiary/aromatic N) is 4. The van der Waals surface area contributed by atoms with E-state index in [0.29, 0.717) is 12.3 Å². The Morgan fingerprint density at radius 1 is 1.23 bits per heavy atom. The second-order valence-electron chi connectivity index (χ2n) is 6.11. The molecule has 0 bridgehead atoms. The van der Waals surface area contributed by atoms with Gasteiger partial charge >= 0.3 is 0 Å². The highest BCUT2D eigenvalue weighted by Gasteiger charge is 2.21. The minimum atomic E-state index is 0. The first-order valence-corrected chi connectivity index (χ1v) is 9.31. The highest BCUT2D eigenvalue weighted by Crippen LogP contribution is 2.27. The van der Waals surface area contributed by atoms with Gasteiger partial charge in [-0.1, -0.05) is 12.1 Å². The van der Waals surface area contributed by atoms with E-state index in [-0.39, 0.29) is 24.0 Å². The van der Waals surface area contributed by atoms with E-state index in [2.05, 4.69) is 32.0 Å². The van der Waals surface area contributed by atoms with E-state index in [1.165, 1.54) is 4.88 Å². The predicted molar refractivity (Wildman–Crippen MR) is 119 cm³/mol. The predicted octanol–water partition coefficient (Wildman–Crippen LogP) is 2.98. The molecular weight excluding hydrogens is 461 g/mol. The van der Waals surface area contributed by atoms with Crippen LogP contribution in [0.25, 0.3) is 0 Å². The third-order valence-electron chi connectivity index (χ3n) is 4.48. The van der Waals surface area contributed by atoms with Crippen LogP contribution in [0.4, 0.5) is 5.69 Å². The number of benzene rings is 1. The van der Waals surface area contributed by atoms with Crippen molar-refractivity contribution in [3.63, 3.8) is 0 Å². The topological polar surface area (TPSA) is 64.0 Å². The smallest absolute Gasteiger partial charge is 0.194 e. The number of nitrogens with one attached hydrogen (secondary N) is 1. The maximum Gasteiger partial charge on any atom is 0.194 e. The van der Waals surface area contributed by atoms with Crippen LogP contribution in [0.2, 0.25) is 0 Å². The lowest BCUT2D eigenvalue weighted by molar-refractivity contribution is 0.369. The van der Waals surface area contributed by atoms with Crippen LogP contribution in [0.3, 0.4) is 0 Å². The van der Waals surface area contributed by atoms with Gasteiger partial charge in [-0.2, -0.15) is 0 Å².